The summed E-state index contributed by atoms with van der Waals surface area (Å²) in [6.07, 6.45) is 0.937. The summed E-state index contributed by atoms with van der Waals surface area (Å²) < 4.78 is 0. The topological polar surface area (TPSA) is 50.9 Å². The minimum Gasteiger partial charge on any atom is -0.389 e. The zero-order chi connectivity index (χ0) is 14.5. The van der Waals surface area contributed by atoms with E-state index in [0.717, 1.165) is 35.6 Å². The average molecular weight is 285 g/mol. The van der Waals surface area contributed by atoms with Crippen LogP contribution in [0.4, 0.5) is 5.82 Å². The lowest BCUT2D eigenvalue weighted by atomic mass is 10.1. The third-order valence-corrected chi connectivity index (χ3v) is 3.34. The second-order valence-corrected chi connectivity index (χ2v) is 5.27. The van der Waals surface area contributed by atoms with Crippen LogP contribution in [0, 0.1) is 13.8 Å². The fraction of sp³-hybridized carbons (Fsp3) is 0.250. The maximum Gasteiger partial charge on any atom is 0.136 e. The van der Waals surface area contributed by atoms with E-state index in [2.05, 4.69) is 22.4 Å². The van der Waals surface area contributed by atoms with Crippen molar-refractivity contribution in [1.29, 1.82) is 0 Å². The molecule has 4 heteroatoms. The van der Waals surface area contributed by atoms with E-state index < -0.39 is 0 Å². The van der Waals surface area contributed by atoms with Gasteiger partial charge in [0.1, 0.15) is 10.8 Å². The quantitative estimate of drug-likeness (QED) is 0.829. The number of anilines is 1. The van der Waals surface area contributed by atoms with Crippen molar-refractivity contribution >= 4 is 23.0 Å². The monoisotopic (exact) mass is 285 g/mol. The zero-order valence-electron chi connectivity index (χ0n) is 11.8. The highest BCUT2D eigenvalue weighted by atomic mass is 32.1. The molecule has 3 N–H and O–H groups in total. The van der Waals surface area contributed by atoms with Gasteiger partial charge in [0.05, 0.1) is 5.56 Å². The van der Waals surface area contributed by atoms with Crippen molar-refractivity contribution < 1.29 is 0 Å². The van der Waals surface area contributed by atoms with Gasteiger partial charge < -0.3 is 11.1 Å². The molecule has 0 atom stereocenters. The molecule has 0 radical (unpaired) electrons. The number of aryl methyl sites for hydroxylation is 2. The van der Waals surface area contributed by atoms with Crippen LogP contribution in [-0.4, -0.2) is 16.5 Å². The Balaban J connectivity index is 2.11. The standard InChI is InChI=1S/C16H19N3S/c1-11-10-12(2)19-16(14(11)15(17)20)18-9-8-13-6-4-3-5-7-13/h3-7,10H,8-9H2,1-2H3,(H2,17,20)(H,18,19). The fourth-order valence-corrected chi connectivity index (χ4v) is 2.50. The first kappa shape index (κ1) is 14.5. The van der Waals surface area contributed by atoms with Gasteiger partial charge in [-0.15, -0.1) is 0 Å². The molecule has 0 unspecified atom stereocenters. The lowest BCUT2D eigenvalue weighted by molar-refractivity contribution is 0.997. The molecule has 0 aliphatic rings. The Bertz CT molecular complexity index is 609. The van der Waals surface area contributed by atoms with Gasteiger partial charge in [-0.2, -0.15) is 0 Å². The van der Waals surface area contributed by atoms with E-state index in [0.29, 0.717) is 4.99 Å². The second kappa shape index (κ2) is 6.48. The van der Waals surface area contributed by atoms with E-state index >= 15 is 0 Å². The van der Waals surface area contributed by atoms with Crippen LogP contribution in [0.2, 0.25) is 0 Å². The summed E-state index contributed by atoms with van der Waals surface area (Å²) in [7, 11) is 0. The number of aromatic nitrogens is 1. The molecule has 0 amide bonds. The van der Waals surface area contributed by atoms with E-state index in [4.69, 9.17) is 18.0 Å². The number of nitrogens with one attached hydrogen (secondary N) is 1. The van der Waals surface area contributed by atoms with E-state index in [1.54, 1.807) is 0 Å². The number of rotatable bonds is 5. The Labute approximate surface area is 125 Å². The van der Waals surface area contributed by atoms with Gasteiger partial charge in [0.2, 0.25) is 0 Å². The first-order valence-corrected chi connectivity index (χ1v) is 7.04. The minimum absolute atomic E-state index is 0.386. The molecule has 20 heavy (non-hydrogen) atoms. The Morgan fingerprint density at radius 1 is 1.25 bits per heavy atom. The molecule has 0 bridgehead atoms. The fourth-order valence-electron chi connectivity index (χ4n) is 2.25. The lowest BCUT2D eigenvalue weighted by Crippen LogP contribution is -2.18. The number of pyridine rings is 1. The van der Waals surface area contributed by atoms with Gasteiger partial charge in [0.25, 0.3) is 0 Å². The summed E-state index contributed by atoms with van der Waals surface area (Å²) in [5.41, 5.74) is 9.96. The van der Waals surface area contributed by atoms with Crippen molar-refractivity contribution in [2.75, 3.05) is 11.9 Å². The Morgan fingerprint density at radius 3 is 2.60 bits per heavy atom. The van der Waals surface area contributed by atoms with Gasteiger partial charge in [0, 0.05) is 12.2 Å². The first-order valence-electron chi connectivity index (χ1n) is 6.64. The van der Waals surface area contributed by atoms with Crippen molar-refractivity contribution in [2.24, 2.45) is 5.73 Å². The molecule has 2 rings (SSSR count). The number of hydrogen-bond acceptors (Lipinski definition) is 3. The van der Waals surface area contributed by atoms with Crippen LogP contribution in [-0.2, 0) is 6.42 Å². The molecule has 2 aromatic rings. The predicted molar refractivity (Wildman–Crippen MR) is 88.2 cm³/mol. The van der Waals surface area contributed by atoms with Crippen LogP contribution in [0.3, 0.4) is 0 Å². The van der Waals surface area contributed by atoms with Crippen LogP contribution in [0.15, 0.2) is 36.4 Å². The van der Waals surface area contributed by atoms with Crippen molar-refractivity contribution in [3.63, 3.8) is 0 Å². The second-order valence-electron chi connectivity index (χ2n) is 4.83. The van der Waals surface area contributed by atoms with Gasteiger partial charge in [-0.3, -0.25) is 0 Å². The van der Waals surface area contributed by atoms with E-state index in [-0.39, 0.29) is 0 Å². The molecule has 1 aromatic carbocycles. The summed E-state index contributed by atoms with van der Waals surface area (Å²) in [6.45, 7) is 4.78. The van der Waals surface area contributed by atoms with Gasteiger partial charge in [-0.25, -0.2) is 4.98 Å². The van der Waals surface area contributed by atoms with Gasteiger partial charge in [-0.1, -0.05) is 42.5 Å². The van der Waals surface area contributed by atoms with Crippen molar-refractivity contribution in [1.82, 2.24) is 4.98 Å². The van der Waals surface area contributed by atoms with Gasteiger partial charge in [-0.05, 0) is 37.5 Å². The third kappa shape index (κ3) is 3.54. The van der Waals surface area contributed by atoms with Crippen LogP contribution in [0.25, 0.3) is 0 Å². The number of nitrogens with zero attached hydrogens (tertiary/aromatic N) is 1. The smallest absolute Gasteiger partial charge is 0.136 e. The van der Waals surface area contributed by atoms with Crippen LogP contribution >= 0.6 is 12.2 Å². The first-order chi connectivity index (χ1) is 9.58. The van der Waals surface area contributed by atoms with Crippen LogP contribution < -0.4 is 11.1 Å². The predicted octanol–water partition coefficient (Wildman–Crippen LogP) is 2.99. The Morgan fingerprint density at radius 2 is 1.95 bits per heavy atom. The molecule has 0 aliphatic carbocycles. The number of nitrogens with two attached hydrogens (primary N) is 1. The molecule has 1 heterocycles. The molecular weight excluding hydrogens is 266 g/mol. The summed E-state index contributed by atoms with van der Waals surface area (Å²) in [5, 5.41) is 3.35. The minimum atomic E-state index is 0.386. The van der Waals surface area contributed by atoms with Crippen LogP contribution in [0.5, 0.6) is 0 Å². The molecule has 3 nitrogen and oxygen atoms in total. The van der Waals surface area contributed by atoms with Crippen molar-refractivity contribution in [2.45, 2.75) is 20.3 Å². The highest BCUT2D eigenvalue weighted by Crippen LogP contribution is 2.18. The SMILES string of the molecule is Cc1cc(C)c(C(N)=S)c(NCCc2ccccc2)n1. The molecular formula is C16H19N3S. The summed E-state index contributed by atoms with van der Waals surface area (Å²) in [4.78, 5) is 4.89. The molecule has 1 aromatic heterocycles. The molecule has 0 spiro atoms. The van der Waals surface area contributed by atoms with Crippen LogP contribution in [0.1, 0.15) is 22.4 Å². The number of hydrogen-bond donors (Lipinski definition) is 2. The molecule has 0 saturated carbocycles. The van der Waals surface area contributed by atoms with Gasteiger partial charge in [0.15, 0.2) is 0 Å². The van der Waals surface area contributed by atoms with Crippen molar-refractivity contribution in [3.8, 4) is 0 Å². The van der Waals surface area contributed by atoms with E-state index in [9.17, 15) is 0 Å². The van der Waals surface area contributed by atoms with E-state index in [1.165, 1.54) is 5.56 Å². The maximum atomic E-state index is 5.80. The normalized spacial score (nSPS) is 10.3. The largest absolute Gasteiger partial charge is 0.389 e. The van der Waals surface area contributed by atoms with E-state index in [1.807, 2.05) is 38.1 Å². The highest BCUT2D eigenvalue weighted by molar-refractivity contribution is 7.80. The Kier molecular flexibility index (Phi) is 4.69. The summed E-state index contributed by atoms with van der Waals surface area (Å²) in [5.74, 6) is 0.783. The Hall–Kier alpha value is -1.94. The average Bonchev–Trinajstić information content (AvgIpc) is 2.38. The maximum absolute atomic E-state index is 5.80. The third-order valence-electron chi connectivity index (χ3n) is 3.14. The van der Waals surface area contributed by atoms with Crippen molar-refractivity contribution in [3.05, 3.63) is 58.8 Å². The molecule has 0 aliphatic heterocycles. The summed E-state index contributed by atoms with van der Waals surface area (Å²) >= 11 is 5.12. The lowest BCUT2D eigenvalue weighted by Gasteiger charge is -2.13. The number of thiocarbonyl (C=S) groups is 1. The molecule has 104 valence electrons. The highest BCUT2D eigenvalue weighted by Gasteiger charge is 2.10. The molecule has 0 fully saturated rings. The number of benzene rings is 1. The summed E-state index contributed by atoms with van der Waals surface area (Å²) in [6, 6.07) is 12.3. The molecule has 0 saturated heterocycles. The van der Waals surface area contributed by atoms with Gasteiger partial charge >= 0.3 is 0 Å². The zero-order valence-corrected chi connectivity index (χ0v) is 12.6.